The van der Waals surface area contributed by atoms with E-state index < -0.39 is 11.6 Å². The van der Waals surface area contributed by atoms with Gasteiger partial charge in [0.05, 0.1) is 25.7 Å². The summed E-state index contributed by atoms with van der Waals surface area (Å²) in [5, 5.41) is 10.8. The Bertz CT molecular complexity index is 1270. The third-order valence-corrected chi connectivity index (χ3v) is 8.82. The summed E-state index contributed by atoms with van der Waals surface area (Å²) in [5.41, 5.74) is 7.03. The molecule has 0 bridgehead atoms. The normalized spacial score (nSPS) is 15.4. The average Bonchev–Trinajstić information content (AvgIpc) is 3.31. The number of carbonyl (C=O) groups is 1. The first kappa shape index (κ1) is 28.2. The highest BCUT2D eigenvalue weighted by atomic mass is 32.2. The third kappa shape index (κ3) is 6.23. The van der Waals surface area contributed by atoms with E-state index in [1.165, 1.54) is 11.8 Å². The first-order valence-electron chi connectivity index (χ1n) is 12.7. The van der Waals surface area contributed by atoms with Crippen LogP contribution in [0.25, 0.3) is 11.2 Å². The second kappa shape index (κ2) is 11.9. The minimum atomic E-state index is -0.878. The number of benzene rings is 1. The number of nitrogens with one attached hydrogen (secondary N) is 1. The Morgan fingerprint density at radius 2 is 2.05 bits per heavy atom. The van der Waals surface area contributed by atoms with Gasteiger partial charge in [0.25, 0.3) is 5.65 Å². The van der Waals surface area contributed by atoms with Crippen LogP contribution >= 0.6 is 23.5 Å². The Morgan fingerprint density at radius 1 is 1.32 bits per heavy atom. The van der Waals surface area contributed by atoms with E-state index in [2.05, 4.69) is 9.97 Å². The van der Waals surface area contributed by atoms with Gasteiger partial charge in [-0.3, -0.25) is 0 Å². The van der Waals surface area contributed by atoms with Crippen molar-refractivity contribution in [1.29, 1.82) is 0 Å². The molecule has 2 aromatic heterocycles. The average molecular weight is 562 g/mol. The maximum absolute atomic E-state index is 12.4. The van der Waals surface area contributed by atoms with Gasteiger partial charge in [-0.25, -0.2) is 9.36 Å². The number of ether oxygens (including phenoxy) is 2. The topological polar surface area (TPSA) is 130 Å². The molecule has 3 heterocycles. The van der Waals surface area contributed by atoms with E-state index in [0.29, 0.717) is 46.8 Å². The van der Waals surface area contributed by atoms with Crippen molar-refractivity contribution in [3.8, 4) is 11.5 Å². The molecule has 4 N–H and O–H groups in total. The van der Waals surface area contributed by atoms with Crippen molar-refractivity contribution in [3.05, 3.63) is 24.5 Å². The maximum Gasteiger partial charge on any atom is 0.407 e. The summed E-state index contributed by atoms with van der Waals surface area (Å²) < 4.78 is 12.8. The quantitative estimate of drug-likeness (QED) is 0.319. The van der Waals surface area contributed by atoms with Gasteiger partial charge in [-0.05, 0) is 87.4 Å². The van der Waals surface area contributed by atoms with Crippen molar-refractivity contribution in [1.82, 2.24) is 19.9 Å². The minimum absolute atomic E-state index is 0.109. The number of amides is 1. The lowest BCUT2D eigenvalue weighted by Gasteiger charge is -2.44. The van der Waals surface area contributed by atoms with E-state index in [1.54, 1.807) is 25.4 Å². The molecule has 1 aliphatic heterocycles. The van der Waals surface area contributed by atoms with Crippen molar-refractivity contribution in [3.63, 3.8) is 0 Å². The molecule has 1 aromatic carbocycles. The Morgan fingerprint density at radius 3 is 2.68 bits per heavy atom. The van der Waals surface area contributed by atoms with E-state index in [0.717, 1.165) is 35.0 Å². The molecule has 1 saturated heterocycles. The highest BCUT2D eigenvalue weighted by Gasteiger charge is 2.38. The third-order valence-electron chi connectivity index (χ3n) is 6.84. The molecular weight excluding hydrogens is 524 g/mol. The molecular formula is C26H37N6O4S2+. The molecule has 0 aliphatic carbocycles. The van der Waals surface area contributed by atoms with Gasteiger partial charge in [-0.2, -0.15) is 11.8 Å². The summed E-state index contributed by atoms with van der Waals surface area (Å²) in [5.74, 6) is 4.22. The second-order valence-corrected chi connectivity index (χ2v) is 12.6. The van der Waals surface area contributed by atoms with Gasteiger partial charge in [0.15, 0.2) is 5.52 Å². The molecule has 4 rings (SSSR count). The zero-order valence-electron chi connectivity index (χ0n) is 22.6. The largest absolute Gasteiger partial charge is 0.497 e. The van der Waals surface area contributed by atoms with Gasteiger partial charge in [0.2, 0.25) is 17.3 Å². The van der Waals surface area contributed by atoms with E-state index in [9.17, 15) is 9.90 Å². The highest BCUT2D eigenvalue weighted by molar-refractivity contribution is 7.99. The molecule has 38 heavy (non-hydrogen) atoms. The fourth-order valence-corrected chi connectivity index (χ4v) is 7.10. The molecule has 1 unspecified atom stereocenters. The Hall–Kier alpha value is -2.86. The predicted octanol–water partition coefficient (Wildman–Crippen LogP) is 4.68. The number of carboxylic acid groups (broad SMARTS) is 1. The predicted molar refractivity (Wildman–Crippen MR) is 150 cm³/mol. The fraction of sp³-hybridized carbons (Fsp3) is 0.538. The molecule has 10 nitrogen and oxygen atoms in total. The molecule has 206 valence electrons. The van der Waals surface area contributed by atoms with Crippen molar-refractivity contribution < 1.29 is 23.9 Å². The highest BCUT2D eigenvalue weighted by Crippen LogP contribution is 2.37. The fourth-order valence-electron chi connectivity index (χ4n) is 5.03. The number of rotatable bonds is 9. The summed E-state index contributed by atoms with van der Waals surface area (Å²) in [6, 6.07) is 5.48. The molecule has 0 radical (unpaired) electrons. The first-order chi connectivity index (χ1) is 18.1. The van der Waals surface area contributed by atoms with E-state index >= 15 is 0 Å². The Balaban J connectivity index is 1.64. The zero-order valence-corrected chi connectivity index (χ0v) is 24.2. The van der Waals surface area contributed by atoms with Crippen LogP contribution in [-0.4, -0.2) is 68.4 Å². The second-order valence-electron chi connectivity index (χ2n) is 10.3. The van der Waals surface area contributed by atoms with Crippen LogP contribution in [0, 0.1) is 5.92 Å². The number of nitrogens with zero attached hydrogens (tertiary/aromatic N) is 4. The molecule has 1 aliphatic rings. The molecule has 1 amide bonds. The summed E-state index contributed by atoms with van der Waals surface area (Å²) in [7, 11) is 3.25. The van der Waals surface area contributed by atoms with Gasteiger partial charge < -0.3 is 30.2 Å². The van der Waals surface area contributed by atoms with Crippen LogP contribution in [0.2, 0.25) is 0 Å². The monoisotopic (exact) mass is 561 g/mol. The molecule has 0 spiro atoms. The molecule has 0 saturated carbocycles. The number of nitrogen functional groups attached to an aromatic ring is 1. The van der Waals surface area contributed by atoms with Gasteiger partial charge >= 0.3 is 6.09 Å². The lowest BCUT2D eigenvalue weighted by Crippen LogP contribution is -2.55. The number of anilines is 1. The number of nitrogens with two attached hydrogens (primary N) is 1. The molecule has 1 atom stereocenters. The smallest absolute Gasteiger partial charge is 0.407 e. The number of imidazole rings is 1. The van der Waals surface area contributed by atoms with Crippen LogP contribution in [0.1, 0.15) is 40.0 Å². The number of aromatic amines is 1. The van der Waals surface area contributed by atoms with E-state index in [4.69, 9.17) is 20.2 Å². The van der Waals surface area contributed by atoms with Crippen molar-refractivity contribution in [2.75, 3.05) is 31.5 Å². The van der Waals surface area contributed by atoms with Crippen LogP contribution in [0.3, 0.4) is 0 Å². The summed E-state index contributed by atoms with van der Waals surface area (Å²) >= 11 is 3.36. The lowest BCUT2D eigenvalue weighted by atomic mass is 9.87. The Labute approximate surface area is 231 Å². The van der Waals surface area contributed by atoms with Gasteiger partial charge in [-0.15, -0.1) is 0 Å². The first-order valence-corrected chi connectivity index (χ1v) is 14.6. The van der Waals surface area contributed by atoms with Crippen LogP contribution in [0.4, 0.5) is 10.6 Å². The van der Waals surface area contributed by atoms with Crippen LogP contribution in [0.15, 0.2) is 34.6 Å². The van der Waals surface area contributed by atoms with Gasteiger partial charge in [0.1, 0.15) is 11.5 Å². The van der Waals surface area contributed by atoms with Crippen molar-refractivity contribution >= 4 is 46.6 Å². The lowest BCUT2D eigenvalue weighted by molar-refractivity contribution is -0.677. The number of aryl methyl sites for hydroxylation is 1. The Kier molecular flexibility index (Phi) is 8.81. The zero-order chi connectivity index (χ0) is 27.4. The minimum Gasteiger partial charge on any atom is -0.497 e. The number of H-pyrrole nitrogens is 1. The number of methoxy groups -OCH3 is 2. The maximum atomic E-state index is 12.4. The van der Waals surface area contributed by atoms with E-state index in [-0.39, 0.29) is 6.04 Å². The number of hydrogen-bond donors (Lipinski definition) is 3. The van der Waals surface area contributed by atoms with E-state index in [1.807, 2.05) is 55.3 Å². The van der Waals surface area contributed by atoms with Crippen molar-refractivity contribution in [2.24, 2.45) is 5.92 Å². The van der Waals surface area contributed by atoms with Crippen LogP contribution in [-0.2, 0) is 6.54 Å². The van der Waals surface area contributed by atoms with Crippen LogP contribution < -0.4 is 19.8 Å². The van der Waals surface area contributed by atoms with Crippen LogP contribution in [0.5, 0.6) is 11.5 Å². The van der Waals surface area contributed by atoms with Crippen molar-refractivity contribution in [2.45, 2.75) is 68.2 Å². The number of aromatic nitrogens is 4. The standard InChI is InChI=1S/C26H36N6O4S2/c1-26(2,3)32(25(33)34)18(16-9-12-37-13-10-16)8-11-31-15-28-22(27)21-23(31)30-24(29-21)38-20-14-17(35-4)6-7-19(20)36-5/h6-7,14-16,18H,8-13H2,1-5H3,(H3,27,29,30,33,34)/p+1. The van der Waals surface area contributed by atoms with Gasteiger partial charge in [-0.1, -0.05) is 9.97 Å². The SMILES string of the molecule is COc1ccc(OC)c(Sc2nc3c([nH]2)c(N)nc[n+]3CCC(C2CCSCC2)N(C(=O)O)C(C)(C)C)c1. The number of hydrogen-bond acceptors (Lipinski definition) is 8. The summed E-state index contributed by atoms with van der Waals surface area (Å²) in [4.78, 5) is 27.4. The summed E-state index contributed by atoms with van der Waals surface area (Å²) in [6.45, 7) is 6.46. The number of thioether (sulfide) groups is 1. The summed E-state index contributed by atoms with van der Waals surface area (Å²) in [6.07, 6.45) is 3.50. The number of fused-ring (bicyclic) bond motifs is 1. The molecule has 12 heteroatoms. The molecule has 3 aromatic rings. The molecule has 1 fully saturated rings. The van der Waals surface area contributed by atoms with Gasteiger partial charge in [0, 0.05) is 11.6 Å².